The molecular weight excluding hydrogens is 309 g/mol. The number of likely N-dealkylation sites (tertiary alicyclic amines) is 1. The molecule has 1 saturated heterocycles. The van der Waals surface area contributed by atoms with Gasteiger partial charge in [0.15, 0.2) is 0 Å². The van der Waals surface area contributed by atoms with Crippen molar-refractivity contribution in [2.75, 3.05) is 25.0 Å². The normalized spacial score (nSPS) is 19.0. The molecule has 0 unspecified atom stereocenters. The predicted octanol–water partition coefficient (Wildman–Crippen LogP) is 2.39. The van der Waals surface area contributed by atoms with Gasteiger partial charge in [-0.25, -0.2) is 0 Å². The molecule has 1 atom stereocenters. The quantitative estimate of drug-likeness (QED) is 0.897. The van der Waals surface area contributed by atoms with Gasteiger partial charge in [-0.3, -0.25) is 9.69 Å². The summed E-state index contributed by atoms with van der Waals surface area (Å²) >= 11 is 11.8. The number of nitrogens with one attached hydrogen (secondary N) is 1. The second-order valence-electron chi connectivity index (χ2n) is 4.46. The Morgan fingerprint density at radius 1 is 1.47 bits per heavy atom. The van der Waals surface area contributed by atoms with E-state index in [1.807, 2.05) is 4.90 Å². The predicted molar refractivity (Wildman–Crippen MR) is 81.4 cm³/mol. The van der Waals surface area contributed by atoms with Gasteiger partial charge in [0.1, 0.15) is 0 Å². The summed E-state index contributed by atoms with van der Waals surface area (Å²) in [6.07, 6.45) is 0.936. The first kappa shape index (κ1) is 16.5. The molecule has 1 aliphatic rings. The molecular formula is C12H16Cl3N3O. The van der Waals surface area contributed by atoms with E-state index < -0.39 is 0 Å². The van der Waals surface area contributed by atoms with E-state index in [1.165, 1.54) is 0 Å². The molecule has 1 fully saturated rings. The number of carbonyl (C=O) groups is 1. The third-order valence-corrected chi connectivity index (χ3v) is 3.44. The summed E-state index contributed by atoms with van der Waals surface area (Å²) in [5.74, 6) is -0.103. The van der Waals surface area contributed by atoms with Crippen LogP contribution in [0, 0.1) is 0 Å². The molecule has 106 valence electrons. The Bertz CT molecular complexity index is 456. The Balaban J connectivity index is 0.00000180. The largest absolute Gasteiger partial charge is 0.326 e. The molecule has 1 aromatic carbocycles. The Labute approximate surface area is 128 Å². The van der Waals surface area contributed by atoms with Gasteiger partial charge in [-0.15, -0.1) is 12.4 Å². The van der Waals surface area contributed by atoms with E-state index in [4.69, 9.17) is 28.9 Å². The molecule has 0 spiro atoms. The maximum atomic E-state index is 11.8. The number of benzene rings is 1. The van der Waals surface area contributed by atoms with Gasteiger partial charge in [-0.05, 0) is 24.6 Å². The summed E-state index contributed by atoms with van der Waals surface area (Å²) in [5.41, 5.74) is 6.32. The molecule has 0 radical (unpaired) electrons. The molecule has 1 heterocycles. The van der Waals surface area contributed by atoms with Crippen molar-refractivity contribution >= 4 is 47.2 Å². The fourth-order valence-corrected chi connectivity index (χ4v) is 2.33. The Morgan fingerprint density at radius 3 is 2.84 bits per heavy atom. The van der Waals surface area contributed by atoms with Crippen molar-refractivity contribution in [2.45, 2.75) is 12.5 Å². The molecule has 1 aliphatic heterocycles. The van der Waals surface area contributed by atoms with E-state index in [0.29, 0.717) is 22.3 Å². The van der Waals surface area contributed by atoms with Crippen LogP contribution in [0.1, 0.15) is 6.42 Å². The van der Waals surface area contributed by atoms with Crippen LogP contribution < -0.4 is 11.1 Å². The zero-order valence-corrected chi connectivity index (χ0v) is 12.6. The molecule has 4 nitrogen and oxygen atoms in total. The lowest BCUT2D eigenvalue weighted by Gasteiger charge is -2.15. The van der Waals surface area contributed by atoms with Gasteiger partial charge in [0.05, 0.1) is 17.3 Å². The smallest absolute Gasteiger partial charge is 0.238 e. The van der Waals surface area contributed by atoms with Crippen LogP contribution >= 0.6 is 35.6 Å². The van der Waals surface area contributed by atoms with E-state index in [2.05, 4.69) is 5.32 Å². The summed E-state index contributed by atoms with van der Waals surface area (Å²) in [6, 6.07) is 5.15. The first-order chi connectivity index (χ1) is 8.54. The Morgan fingerprint density at radius 2 is 2.21 bits per heavy atom. The zero-order chi connectivity index (χ0) is 13.1. The molecule has 2 rings (SSSR count). The number of carbonyl (C=O) groups excluding carboxylic acids is 1. The molecule has 0 aliphatic carbocycles. The first-order valence-corrected chi connectivity index (χ1v) is 6.53. The molecule has 7 heteroatoms. The van der Waals surface area contributed by atoms with Crippen molar-refractivity contribution in [3.8, 4) is 0 Å². The molecule has 1 amide bonds. The van der Waals surface area contributed by atoms with E-state index in [9.17, 15) is 4.79 Å². The van der Waals surface area contributed by atoms with Crippen LogP contribution in [0.25, 0.3) is 0 Å². The van der Waals surface area contributed by atoms with E-state index in [-0.39, 0.29) is 24.4 Å². The highest BCUT2D eigenvalue weighted by Gasteiger charge is 2.21. The van der Waals surface area contributed by atoms with Gasteiger partial charge in [0.2, 0.25) is 5.91 Å². The molecule has 0 aromatic heterocycles. The van der Waals surface area contributed by atoms with Crippen LogP contribution in [0.4, 0.5) is 5.69 Å². The molecule has 0 bridgehead atoms. The molecule has 0 saturated carbocycles. The van der Waals surface area contributed by atoms with Gasteiger partial charge >= 0.3 is 0 Å². The average Bonchev–Trinajstić information content (AvgIpc) is 2.69. The lowest BCUT2D eigenvalue weighted by atomic mass is 10.3. The van der Waals surface area contributed by atoms with E-state index in [1.54, 1.807) is 18.2 Å². The van der Waals surface area contributed by atoms with Crippen LogP contribution in [0.2, 0.25) is 10.0 Å². The van der Waals surface area contributed by atoms with Gasteiger partial charge in [0, 0.05) is 24.2 Å². The van der Waals surface area contributed by atoms with Gasteiger partial charge in [0.25, 0.3) is 0 Å². The SMILES string of the molecule is Cl.N[C@@H]1CCN(CC(=O)Nc2cc(Cl)ccc2Cl)C1. The van der Waals surface area contributed by atoms with Gasteiger partial charge < -0.3 is 11.1 Å². The Kier molecular flexibility index (Phi) is 6.36. The van der Waals surface area contributed by atoms with Crippen molar-refractivity contribution in [1.29, 1.82) is 0 Å². The first-order valence-electron chi connectivity index (χ1n) is 5.77. The monoisotopic (exact) mass is 323 g/mol. The lowest BCUT2D eigenvalue weighted by molar-refractivity contribution is -0.117. The van der Waals surface area contributed by atoms with Crippen LogP contribution in [0.3, 0.4) is 0 Å². The maximum Gasteiger partial charge on any atom is 0.238 e. The van der Waals surface area contributed by atoms with E-state index >= 15 is 0 Å². The molecule has 3 N–H and O–H groups in total. The van der Waals surface area contributed by atoms with Crippen molar-refractivity contribution in [3.05, 3.63) is 28.2 Å². The van der Waals surface area contributed by atoms with Gasteiger partial charge in [-0.2, -0.15) is 0 Å². The van der Waals surface area contributed by atoms with Crippen molar-refractivity contribution < 1.29 is 4.79 Å². The topological polar surface area (TPSA) is 58.4 Å². The number of nitrogens with zero attached hydrogens (tertiary/aromatic N) is 1. The average molecular weight is 325 g/mol. The number of halogens is 3. The fraction of sp³-hybridized carbons (Fsp3) is 0.417. The van der Waals surface area contributed by atoms with Crippen LogP contribution in [0.5, 0.6) is 0 Å². The summed E-state index contributed by atoms with van der Waals surface area (Å²) in [5, 5.41) is 3.77. The minimum atomic E-state index is -0.103. The van der Waals surface area contributed by atoms with Crippen molar-refractivity contribution in [3.63, 3.8) is 0 Å². The highest BCUT2D eigenvalue weighted by molar-refractivity contribution is 6.35. The number of anilines is 1. The molecule has 19 heavy (non-hydrogen) atoms. The summed E-state index contributed by atoms with van der Waals surface area (Å²) in [6.45, 7) is 1.95. The zero-order valence-electron chi connectivity index (χ0n) is 10.2. The minimum Gasteiger partial charge on any atom is -0.326 e. The van der Waals surface area contributed by atoms with Crippen LogP contribution in [-0.2, 0) is 4.79 Å². The molecule has 1 aromatic rings. The highest BCUT2D eigenvalue weighted by Crippen LogP contribution is 2.25. The van der Waals surface area contributed by atoms with Gasteiger partial charge in [-0.1, -0.05) is 23.2 Å². The van der Waals surface area contributed by atoms with Crippen molar-refractivity contribution in [2.24, 2.45) is 5.73 Å². The summed E-state index contributed by atoms with van der Waals surface area (Å²) < 4.78 is 0. The number of hydrogen-bond donors (Lipinski definition) is 2. The number of amides is 1. The second-order valence-corrected chi connectivity index (χ2v) is 5.30. The van der Waals surface area contributed by atoms with Crippen LogP contribution in [-0.4, -0.2) is 36.5 Å². The lowest BCUT2D eigenvalue weighted by Crippen LogP contribution is -2.33. The highest BCUT2D eigenvalue weighted by atomic mass is 35.5. The number of rotatable bonds is 3. The van der Waals surface area contributed by atoms with E-state index in [0.717, 1.165) is 19.5 Å². The number of nitrogens with two attached hydrogens (primary N) is 1. The fourth-order valence-electron chi connectivity index (χ4n) is 1.99. The summed E-state index contributed by atoms with van der Waals surface area (Å²) in [7, 11) is 0. The maximum absolute atomic E-state index is 11.8. The van der Waals surface area contributed by atoms with Crippen molar-refractivity contribution in [1.82, 2.24) is 4.90 Å². The minimum absolute atomic E-state index is 0. The Hall–Kier alpha value is -0.520. The number of hydrogen-bond acceptors (Lipinski definition) is 3. The third kappa shape index (κ3) is 4.82. The third-order valence-electron chi connectivity index (χ3n) is 2.88. The standard InChI is InChI=1S/C12H15Cl2N3O.ClH/c13-8-1-2-10(14)11(5-8)16-12(18)7-17-4-3-9(15)6-17;/h1-2,5,9H,3-4,6-7,15H2,(H,16,18);1H/t9-;/m1./s1. The summed E-state index contributed by atoms with van der Waals surface area (Å²) in [4.78, 5) is 13.9. The van der Waals surface area contributed by atoms with Crippen LogP contribution in [0.15, 0.2) is 18.2 Å². The second kappa shape index (κ2) is 7.31.